The SMILES string of the molecule is C=CC1CC1(C#N)c1ccc([N+](=O)[O-])cc1. The van der Waals surface area contributed by atoms with E-state index in [1.807, 2.05) is 0 Å². The van der Waals surface area contributed by atoms with Crippen LogP contribution in [-0.2, 0) is 5.41 Å². The van der Waals surface area contributed by atoms with Gasteiger partial charge >= 0.3 is 0 Å². The van der Waals surface area contributed by atoms with Crippen molar-refractivity contribution in [3.8, 4) is 6.07 Å². The van der Waals surface area contributed by atoms with Crippen LogP contribution in [0.25, 0.3) is 0 Å². The first-order valence-corrected chi connectivity index (χ1v) is 4.93. The van der Waals surface area contributed by atoms with E-state index in [9.17, 15) is 10.1 Å². The van der Waals surface area contributed by atoms with Crippen molar-refractivity contribution in [2.45, 2.75) is 11.8 Å². The lowest BCUT2D eigenvalue weighted by Crippen LogP contribution is -2.05. The van der Waals surface area contributed by atoms with Crippen LogP contribution >= 0.6 is 0 Å². The van der Waals surface area contributed by atoms with Gasteiger partial charge in [-0.1, -0.05) is 18.2 Å². The first-order valence-electron chi connectivity index (χ1n) is 4.93. The number of non-ortho nitro benzene ring substituents is 1. The van der Waals surface area contributed by atoms with Crippen molar-refractivity contribution in [3.05, 3.63) is 52.6 Å². The second kappa shape index (κ2) is 3.46. The summed E-state index contributed by atoms with van der Waals surface area (Å²) in [7, 11) is 0. The summed E-state index contributed by atoms with van der Waals surface area (Å²) < 4.78 is 0. The number of allylic oxidation sites excluding steroid dienone is 1. The Morgan fingerprint density at radius 2 is 2.19 bits per heavy atom. The molecule has 0 saturated heterocycles. The standard InChI is InChI=1S/C12H10N2O2/c1-2-9-7-12(9,8-13)10-3-5-11(6-4-10)14(15)16/h2-6,9H,1,7H2. The van der Waals surface area contributed by atoms with Crippen LogP contribution in [0.1, 0.15) is 12.0 Å². The van der Waals surface area contributed by atoms with Crippen LogP contribution in [0.5, 0.6) is 0 Å². The maximum absolute atomic E-state index is 10.5. The van der Waals surface area contributed by atoms with Gasteiger partial charge in [-0.3, -0.25) is 10.1 Å². The fourth-order valence-corrected chi connectivity index (χ4v) is 1.98. The molecule has 16 heavy (non-hydrogen) atoms. The van der Waals surface area contributed by atoms with Gasteiger partial charge in [-0.05, 0) is 12.0 Å². The van der Waals surface area contributed by atoms with Crippen LogP contribution < -0.4 is 0 Å². The summed E-state index contributed by atoms with van der Waals surface area (Å²) >= 11 is 0. The molecule has 0 radical (unpaired) electrons. The van der Waals surface area contributed by atoms with Gasteiger partial charge in [0.2, 0.25) is 0 Å². The summed E-state index contributed by atoms with van der Waals surface area (Å²) in [6.45, 7) is 3.68. The first kappa shape index (κ1) is 10.4. The minimum Gasteiger partial charge on any atom is -0.258 e. The van der Waals surface area contributed by atoms with E-state index in [-0.39, 0.29) is 11.6 Å². The summed E-state index contributed by atoms with van der Waals surface area (Å²) in [6, 6.07) is 8.47. The van der Waals surface area contributed by atoms with E-state index in [0.29, 0.717) is 0 Å². The molecule has 2 rings (SSSR count). The highest BCUT2D eigenvalue weighted by molar-refractivity contribution is 5.46. The lowest BCUT2D eigenvalue weighted by atomic mass is 9.94. The van der Waals surface area contributed by atoms with Crippen molar-refractivity contribution in [3.63, 3.8) is 0 Å². The molecule has 0 aromatic heterocycles. The van der Waals surface area contributed by atoms with E-state index < -0.39 is 10.3 Å². The highest BCUT2D eigenvalue weighted by Gasteiger charge is 2.54. The van der Waals surface area contributed by atoms with Crippen molar-refractivity contribution < 1.29 is 4.92 Å². The highest BCUT2D eigenvalue weighted by atomic mass is 16.6. The van der Waals surface area contributed by atoms with E-state index in [0.717, 1.165) is 12.0 Å². The number of rotatable bonds is 3. The predicted molar refractivity (Wildman–Crippen MR) is 58.7 cm³/mol. The van der Waals surface area contributed by atoms with Crippen molar-refractivity contribution in [1.29, 1.82) is 5.26 Å². The van der Waals surface area contributed by atoms with Crippen LogP contribution in [0.2, 0.25) is 0 Å². The summed E-state index contributed by atoms with van der Waals surface area (Å²) in [4.78, 5) is 10.0. The van der Waals surface area contributed by atoms with Gasteiger partial charge in [0.15, 0.2) is 0 Å². The highest BCUT2D eigenvalue weighted by Crippen LogP contribution is 2.54. The van der Waals surface area contributed by atoms with Gasteiger partial charge in [-0.15, -0.1) is 6.58 Å². The quantitative estimate of drug-likeness (QED) is 0.441. The number of nitriles is 1. The van der Waals surface area contributed by atoms with E-state index in [1.54, 1.807) is 18.2 Å². The van der Waals surface area contributed by atoms with E-state index in [1.165, 1.54) is 12.1 Å². The normalized spacial score (nSPS) is 26.8. The van der Waals surface area contributed by atoms with Crippen LogP contribution in [0.3, 0.4) is 0 Å². The molecule has 1 aromatic carbocycles. The largest absolute Gasteiger partial charge is 0.269 e. The molecule has 2 unspecified atom stereocenters. The molecule has 0 N–H and O–H groups in total. The Balaban J connectivity index is 2.33. The Labute approximate surface area is 93.0 Å². The molecule has 4 heteroatoms. The fraction of sp³-hybridized carbons (Fsp3) is 0.250. The molecule has 0 heterocycles. The molecule has 0 bridgehead atoms. The van der Waals surface area contributed by atoms with Crippen LogP contribution in [0, 0.1) is 27.4 Å². The third-order valence-corrected chi connectivity index (χ3v) is 3.09. The predicted octanol–water partition coefficient (Wildman–Crippen LogP) is 2.56. The van der Waals surface area contributed by atoms with Gasteiger partial charge in [0.25, 0.3) is 5.69 Å². The van der Waals surface area contributed by atoms with Gasteiger partial charge in [-0.2, -0.15) is 5.26 Å². The van der Waals surface area contributed by atoms with Crippen molar-refractivity contribution in [2.24, 2.45) is 5.92 Å². The number of hydrogen-bond donors (Lipinski definition) is 0. The minimum atomic E-state index is -0.503. The van der Waals surface area contributed by atoms with E-state index in [4.69, 9.17) is 5.26 Å². The van der Waals surface area contributed by atoms with Gasteiger partial charge < -0.3 is 0 Å². The number of nitrogens with zero attached hydrogens (tertiary/aromatic N) is 2. The number of nitro benzene ring substituents is 1. The maximum atomic E-state index is 10.5. The van der Waals surface area contributed by atoms with E-state index in [2.05, 4.69) is 12.6 Å². The lowest BCUT2D eigenvalue weighted by Gasteiger charge is -2.06. The molecule has 4 nitrogen and oxygen atoms in total. The molecule has 1 aromatic rings. The molecule has 1 aliphatic carbocycles. The van der Waals surface area contributed by atoms with Gasteiger partial charge in [0.1, 0.15) is 0 Å². The Bertz CT molecular complexity index is 487. The molecule has 1 fully saturated rings. The smallest absolute Gasteiger partial charge is 0.258 e. The third-order valence-electron chi connectivity index (χ3n) is 3.09. The molecule has 1 aliphatic rings. The Morgan fingerprint density at radius 3 is 2.56 bits per heavy atom. The number of benzene rings is 1. The Morgan fingerprint density at radius 1 is 1.56 bits per heavy atom. The van der Waals surface area contributed by atoms with Crippen molar-refractivity contribution >= 4 is 5.69 Å². The summed E-state index contributed by atoms with van der Waals surface area (Å²) in [6.07, 6.45) is 2.52. The summed E-state index contributed by atoms with van der Waals surface area (Å²) in [5.74, 6) is 0.166. The first-order chi connectivity index (χ1) is 7.64. The van der Waals surface area contributed by atoms with Gasteiger partial charge in [0, 0.05) is 18.1 Å². The van der Waals surface area contributed by atoms with Crippen LogP contribution in [-0.4, -0.2) is 4.92 Å². The van der Waals surface area contributed by atoms with E-state index >= 15 is 0 Å². The molecule has 1 saturated carbocycles. The zero-order valence-electron chi connectivity index (χ0n) is 8.59. The second-order valence-electron chi connectivity index (χ2n) is 3.93. The average molecular weight is 214 g/mol. The Kier molecular flexibility index (Phi) is 2.24. The topological polar surface area (TPSA) is 66.9 Å². The fourth-order valence-electron chi connectivity index (χ4n) is 1.98. The molecule has 0 aliphatic heterocycles. The summed E-state index contributed by atoms with van der Waals surface area (Å²) in [5.41, 5.74) is 0.384. The van der Waals surface area contributed by atoms with Gasteiger partial charge in [0.05, 0.1) is 16.4 Å². The lowest BCUT2D eigenvalue weighted by molar-refractivity contribution is -0.384. The number of nitro groups is 1. The monoisotopic (exact) mass is 214 g/mol. The minimum absolute atomic E-state index is 0.0487. The van der Waals surface area contributed by atoms with Crippen molar-refractivity contribution in [2.75, 3.05) is 0 Å². The third kappa shape index (κ3) is 1.38. The van der Waals surface area contributed by atoms with Crippen LogP contribution in [0.4, 0.5) is 5.69 Å². The van der Waals surface area contributed by atoms with Crippen molar-refractivity contribution in [1.82, 2.24) is 0 Å². The van der Waals surface area contributed by atoms with Gasteiger partial charge in [-0.25, -0.2) is 0 Å². The van der Waals surface area contributed by atoms with Crippen LogP contribution in [0.15, 0.2) is 36.9 Å². The second-order valence-corrected chi connectivity index (χ2v) is 3.93. The average Bonchev–Trinajstić information content (AvgIpc) is 3.04. The zero-order valence-corrected chi connectivity index (χ0v) is 8.59. The molecular formula is C12H10N2O2. The number of hydrogen-bond acceptors (Lipinski definition) is 3. The molecule has 0 spiro atoms. The summed E-state index contributed by atoms with van der Waals surface area (Å²) in [5, 5.41) is 19.7. The Hall–Kier alpha value is -2.15. The molecule has 80 valence electrons. The zero-order chi connectivity index (χ0) is 11.8. The molecular weight excluding hydrogens is 204 g/mol. The molecule has 0 amide bonds. The molecule has 2 atom stereocenters. The maximum Gasteiger partial charge on any atom is 0.269 e.